The van der Waals surface area contributed by atoms with Crippen molar-refractivity contribution in [2.75, 3.05) is 18.0 Å². The van der Waals surface area contributed by atoms with Gasteiger partial charge in [0.15, 0.2) is 0 Å². The van der Waals surface area contributed by atoms with Crippen LogP contribution in [0.25, 0.3) is 0 Å². The summed E-state index contributed by atoms with van der Waals surface area (Å²) in [6.45, 7) is 5.10. The Morgan fingerprint density at radius 2 is 1.62 bits per heavy atom. The lowest BCUT2D eigenvalue weighted by Gasteiger charge is -2.29. The van der Waals surface area contributed by atoms with Crippen LogP contribution in [0.1, 0.15) is 74.6 Å². The van der Waals surface area contributed by atoms with Crippen LogP contribution >= 0.6 is 0 Å². The van der Waals surface area contributed by atoms with E-state index in [1.54, 1.807) is 12.1 Å². The highest BCUT2D eigenvalue weighted by atomic mass is 16.6. The van der Waals surface area contributed by atoms with E-state index in [0.717, 1.165) is 34.4 Å². The molecule has 5 rings (SSSR count). The van der Waals surface area contributed by atoms with Gasteiger partial charge in [0.1, 0.15) is 24.2 Å². The van der Waals surface area contributed by atoms with Crippen LogP contribution in [0.3, 0.4) is 0 Å². The van der Waals surface area contributed by atoms with Crippen molar-refractivity contribution in [2.24, 2.45) is 11.7 Å². The summed E-state index contributed by atoms with van der Waals surface area (Å²) in [5.74, 6) is -4.97. The number of nitrogens with two attached hydrogens (primary N) is 1. The first-order chi connectivity index (χ1) is 28.4. The molecule has 1 saturated heterocycles. The number of primary amides is 1. The molecule has 0 saturated carbocycles. The van der Waals surface area contributed by atoms with Crippen molar-refractivity contribution in [3.63, 3.8) is 0 Å². The number of aliphatic carboxylic acids is 1. The summed E-state index contributed by atoms with van der Waals surface area (Å²) >= 11 is 0. The van der Waals surface area contributed by atoms with Gasteiger partial charge < -0.3 is 47.3 Å². The number of esters is 1. The molecule has 19 nitrogen and oxygen atoms in total. The number of carbonyl (C=O) groups is 9. The van der Waals surface area contributed by atoms with Crippen LogP contribution in [-0.4, -0.2) is 107 Å². The van der Waals surface area contributed by atoms with Gasteiger partial charge in [-0.1, -0.05) is 68.3 Å². The summed E-state index contributed by atoms with van der Waals surface area (Å²) in [4.78, 5) is 109. The van der Waals surface area contributed by atoms with E-state index in [1.165, 1.54) is 4.90 Å². The van der Waals surface area contributed by atoms with E-state index in [2.05, 4.69) is 26.6 Å². The Morgan fingerprint density at radius 1 is 0.917 bits per heavy atom. The number of carbonyl (C=O) groups excluding carboxylic acids is 8. The number of anilines is 1. The fraction of sp³-hybridized carbons (Fsp3) is 0.488. The number of benzene rings is 2. The Morgan fingerprint density at radius 3 is 2.25 bits per heavy atom. The van der Waals surface area contributed by atoms with Crippen molar-refractivity contribution in [3.05, 3.63) is 64.7 Å². The minimum atomic E-state index is -1.40. The van der Waals surface area contributed by atoms with Crippen LogP contribution in [0.15, 0.2) is 42.5 Å². The molecule has 6 atom stereocenters. The largest absolute Gasteiger partial charge is 0.481 e. The van der Waals surface area contributed by atoms with Crippen molar-refractivity contribution >= 4 is 59.0 Å². The summed E-state index contributed by atoms with van der Waals surface area (Å²) in [5, 5.41) is 31.2. The predicted octanol–water partition coefficient (Wildman–Crippen LogP) is -0.834. The molecule has 2 aromatic rings. The highest BCUT2D eigenvalue weighted by molar-refractivity contribution is 6.08. The van der Waals surface area contributed by atoms with Gasteiger partial charge in [0.05, 0.1) is 31.6 Å². The van der Waals surface area contributed by atoms with Crippen LogP contribution in [0.5, 0.6) is 0 Å². The van der Waals surface area contributed by atoms with Crippen molar-refractivity contribution < 1.29 is 58.1 Å². The van der Waals surface area contributed by atoms with E-state index in [0.29, 0.717) is 25.7 Å². The number of carboxylic acids is 1. The molecule has 1 fully saturated rings. The minimum Gasteiger partial charge on any atom is -0.481 e. The van der Waals surface area contributed by atoms with Gasteiger partial charge in [-0.15, -0.1) is 0 Å². The fourth-order valence-corrected chi connectivity index (χ4v) is 6.85. The molecule has 6 unspecified atom stereocenters. The molecule has 324 valence electrons. The van der Waals surface area contributed by atoms with Crippen LogP contribution in [0.2, 0.25) is 0 Å². The lowest BCUT2D eigenvalue weighted by molar-refractivity contribution is -0.155. The number of hydrogen-bond acceptors (Lipinski definition) is 11. The van der Waals surface area contributed by atoms with Crippen LogP contribution in [0, 0.1) is 12.8 Å². The first-order valence-corrected chi connectivity index (χ1v) is 19.8. The first kappa shape index (κ1) is 46.3. The second-order valence-electron chi connectivity index (χ2n) is 15.1. The van der Waals surface area contributed by atoms with Gasteiger partial charge in [-0.3, -0.25) is 48.1 Å². The second kappa shape index (κ2) is 21.6. The highest BCUT2D eigenvalue weighted by Crippen LogP contribution is 2.39. The average Bonchev–Trinajstić information content (AvgIpc) is 3.71. The lowest BCUT2D eigenvalue weighted by atomic mass is 10.0. The molecule has 19 heteroatoms. The predicted molar refractivity (Wildman–Crippen MR) is 213 cm³/mol. The zero-order valence-electron chi connectivity index (χ0n) is 33.8. The Labute approximate surface area is 346 Å². The molecule has 60 heavy (non-hydrogen) atoms. The maximum atomic E-state index is 13.5. The topological polar surface area (TPSA) is 293 Å². The highest BCUT2D eigenvalue weighted by Gasteiger charge is 2.45. The van der Waals surface area contributed by atoms with Crippen molar-refractivity contribution in [1.29, 1.82) is 0 Å². The quantitative estimate of drug-likeness (QED) is 0.0907. The standard InChI is InChI=1S/C23H29N3O6.C18H24N4O6/c1-3-12(2)9-18(27)24-15-8-7-13-5-4-6-14-10-17(26(20(13)14)22(15)30)21(29)25-16-11-19(28)32-23(16)31;1-11-2-4-12(5-3-11)8-15(24)22-13(6-7-17(26)27)18(28)21-10-16(25)20-9-14(19)23/h4-6,12,15-17,23,31H,3,7-11H2,1-2H3,(H,24,27)(H,25,29);2-5,13H,6-10H2,1H3,(H2,19,23)(H,20,25)(H,21,28)(H,22,24)(H,26,27). The number of aliphatic hydroxyl groups excluding tert-OH is 1. The van der Waals surface area contributed by atoms with Crippen LogP contribution in [-0.2, 0) is 67.2 Å². The number of cyclic esters (lactones) is 1. The molecule has 3 aliphatic rings. The average molecular weight is 836 g/mol. The molecular weight excluding hydrogens is 782 g/mol. The van der Waals surface area contributed by atoms with E-state index in [-0.39, 0.29) is 50.0 Å². The van der Waals surface area contributed by atoms with Gasteiger partial charge in [-0.05, 0) is 48.8 Å². The maximum Gasteiger partial charge on any atom is 0.310 e. The van der Waals surface area contributed by atoms with Gasteiger partial charge in [0, 0.05) is 19.3 Å². The summed E-state index contributed by atoms with van der Waals surface area (Å²) in [5.41, 5.74) is 9.26. The number of rotatable bonds is 17. The van der Waals surface area contributed by atoms with Gasteiger partial charge in [-0.2, -0.15) is 0 Å². The molecule has 2 aromatic carbocycles. The Hall–Kier alpha value is -6.37. The van der Waals surface area contributed by atoms with Crippen LogP contribution in [0.4, 0.5) is 5.69 Å². The van der Waals surface area contributed by atoms with Gasteiger partial charge in [0.25, 0.3) is 0 Å². The summed E-state index contributed by atoms with van der Waals surface area (Å²) in [6, 6.07) is 9.49. The number of nitrogens with one attached hydrogen (secondary N) is 5. The van der Waals surface area contributed by atoms with E-state index in [9.17, 15) is 48.3 Å². The summed E-state index contributed by atoms with van der Waals surface area (Å²) in [6.07, 6.45) is 0.624. The molecule has 0 bridgehead atoms. The smallest absolute Gasteiger partial charge is 0.310 e. The number of aryl methyl sites for hydroxylation is 2. The monoisotopic (exact) mass is 835 g/mol. The third-order valence-corrected chi connectivity index (χ3v) is 10.3. The van der Waals surface area contributed by atoms with Crippen LogP contribution < -0.4 is 37.2 Å². The number of nitrogens with zero attached hydrogens (tertiary/aromatic N) is 1. The number of para-hydroxylation sites is 1. The van der Waals surface area contributed by atoms with Crippen molar-refractivity contribution in [1.82, 2.24) is 26.6 Å². The number of aliphatic hydroxyl groups is 1. The summed E-state index contributed by atoms with van der Waals surface area (Å²) < 4.78 is 4.70. The first-order valence-electron chi connectivity index (χ1n) is 19.8. The minimum absolute atomic E-state index is 0.0240. The molecular formula is C41H53N7O12. The second-order valence-corrected chi connectivity index (χ2v) is 15.1. The molecule has 3 aliphatic heterocycles. The van der Waals surface area contributed by atoms with E-state index in [1.807, 2.05) is 51.1 Å². The number of ether oxygens (including phenoxy) is 1. The SMILES string of the molecule is CCC(C)CC(=O)NC1CCc2cccc3c2N(C1=O)C(C(=O)NC1CC(=O)OC1O)C3.Cc1ccc(CC(=O)NC(CCC(=O)O)C(=O)NCC(=O)NCC(N)=O)cc1. The molecule has 0 aliphatic carbocycles. The Balaban J connectivity index is 0.000000268. The third kappa shape index (κ3) is 13.3. The Kier molecular flexibility index (Phi) is 16.7. The lowest BCUT2D eigenvalue weighted by Crippen LogP contribution is -2.56. The van der Waals surface area contributed by atoms with E-state index >= 15 is 0 Å². The van der Waals surface area contributed by atoms with E-state index < -0.39 is 78.5 Å². The molecule has 9 N–H and O–H groups in total. The number of hydrogen-bond donors (Lipinski definition) is 8. The van der Waals surface area contributed by atoms with Crippen molar-refractivity contribution in [2.45, 2.75) is 109 Å². The third-order valence-electron chi connectivity index (χ3n) is 10.3. The normalized spacial score (nSPS) is 19.8. The summed E-state index contributed by atoms with van der Waals surface area (Å²) in [7, 11) is 0. The van der Waals surface area contributed by atoms with Crippen molar-refractivity contribution in [3.8, 4) is 0 Å². The molecule has 0 radical (unpaired) electrons. The number of amides is 7. The van der Waals surface area contributed by atoms with Gasteiger partial charge >= 0.3 is 11.9 Å². The molecule has 3 heterocycles. The van der Waals surface area contributed by atoms with E-state index in [4.69, 9.17) is 15.6 Å². The maximum absolute atomic E-state index is 13.5. The van der Waals surface area contributed by atoms with Gasteiger partial charge in [-0.25, -0.2) is 0 Å². The molecule has 7 amide bonds. The zero-order valence-corrected chi connectivity index (χ0v) is 33.8. The fourth-order valence-electron chi connectivity index (χ4n) is 6.85. The molecule has 0 spiro atoms. The van der Waals surface area contributed by atoms with Gasteiger partial charge in [0.2, 0.25) is 47.6 Å². The zero-order chi connectivity index (χ0) is 44.1. The molecule has 0 aromatic heterocycles. The Bertz CT molecular complexity index is 1960. The number of carboxylic acid groups (broad SMARTS) is 1.